The van der Waals surface area contributed by atoms with Crippen molar-refractivity contribution in [2.24, 2.45) is 28.9 Å². The lowest BCUT2D eigenvalue weighted by atomic mass is 10.00. The van der Waals surface area contributed by atoms with E-state index in [4.69, 9.17) is 22.9 Å². The Morgan fingerprint density at radius 1 is 0.648 bits per heavy atom. The monoisotopic (exact) mass is 1000 g/mol. The van der Waals surface area contributed by atoms with Gasteiger partial charge in [-0.3, -0.25) is 43.2 Å². The standard InChI is InChI=1S/C48H83N13O10/c1-5-6-7-8-12-15-32(62)28-40(63)55-33(16-21-49)43(66)59-37-20-25-53-41(64)30(4)54-42(65)34(17-22-50)56-44(67)35(18-23-51)58-47(70)38(26-29(2)3)60-48(71)39(27-31-13-10-9-11-14-31)61-45(68)36(19-24-52)57-46(37)69/h9-11,13-14,29-30,32-39,62H,5-8,12,15-28,49-52H2,1-4H3,(H,53,64)(H,54,65)(H,55,63)(H,56,67)(H,57,69)(H,58,70)(H,59,66)(H,60,71)(H,61,68)/t30-,32+,33+,34-,35-,36-,37-,38-,39+/m0/s1. The molecule has 0 spiro atoms. The second-order valence-corrected chi connectivity index (χ2v) is 18.5. The Balaban J connectivity index is 2.60. The van der Waals surface area contributed by atoms with Crippen LogP contribution in [0.25, 0.3) is 0 Å². The smallest absolute Gasteiger partial charge is 0.243 e. The van der Waals surface area contributed by atoms with Crippen LogP contribution in [-0.2, 0) is 49.6 Å². The number of aliphatic hydroxyl groups is 1. The van der Waals surface area contributed by atoms with E-state index in [0.717, 1.165) is 32.1 Å². The van der Waals surface area contributed by atoms with Crippen LogP contribution in [0.1, 0.15) is 117 Å². The number of benzene rings is 1. The van der Waals surface area contributed by atoms with E-state index >= 15 is 0 Å². The molecule has 1 aromatic rings. The highest BCUT2D eigenvalue weighted by Gasteiger charge is 2.35. The molecule has 9 amide bonds. The highest BCUT2D eigenvalue weighted by Crippen LogP contribution is 2.12. The molecule has 1 aromatic carbocycles. The molecule has 0 bridgehead atoms. The first-order valence-electron chi connectivity index (χ1n) is 25.1. The maximum atomic E-state index is 14.3. The molecular formula is C48H83N13O10. The summed E-state index contributed by atoms with van der Waals surface area (Å²) in [6.45, 7) is 6.61. The van der Waals surface area contributed by atoms with Crippen molar-refractivity contribution in [1.82, 2.24) is 47.9 Å². The third-order valence-corrected chi connectivity index (χ3v) is 11.8. The van der Waals surface area contributed by atoms with E-state index in [1.807, 2.05) is 13.8 Å². The lowest BCUT2D eigenvalue weighted by molar-refractivity contribution is -0.136. The fourth-order valence-electron chi connectivity index (χ4n) is 7.83. The number of hydrogen-bond acceptors (Lipinski definition) is 14. The minimum atomic E-state index is -1.46. The van der Waals surface area contributed by atoms with Gasteiger partial charge in [0.05, 0.1) is 12.5 Å². The van der Waals surface area contributed by atoms with Crippen LogP contribution in [0.2, 0.25) is 0 Å². The van der Waals surface area contributed by atoms with Gasteiger partial charge < -0.3 is 75.9 Å². The van der Waals surface area contributed by atoms with Gasteiger partial charge >= 0.3 is 0 Å². The van der Waals surface area contributed by atoms with Gasteiger partial charge in [0.1, 0.15) is 48.3 Å². The number of nitrogens with one attached hydrogen (secondary N) is 9. The average molecular weight is 1000 g/mol. The zero-order valence-electron chi connectivity index (χ0n) is 42.0. The second kappa shape index (κ2) is 33.8. The van der Waals surface area contributed by atoms with Crippen molar-refractivity contribution in [3.63, 3.8) is 0 Å². The van der Waals surface area contributed by atoms with Crippen molar-refractivity contribution in [1.29, 1.82) is 0 Å². The summed E-state index contributed by atoms with van der Waals surface area (Å²) in [7, 11) is 0. The van der Waals surface area contributed by atoms with Gasteiger partial charge in [0, 0.05) is 13.0 Å². The van der Waals surface area contributed by atoms with Gasteiger partial charge in [-0.25, -0.2) is 0 Å². The summed E-state index contributed by atoms with van der Waals surface area (Å²) in [6.07, 6.45) is 3.45. The summed E-state index contributed by atoms with van der Waals surface area (Å²) in [5, 5.41) is 34.2. The SMILES string of the molecule is CCCCCCC[C@@H](O)CC(=O)N[C@H](CCN)C(=O)N[C@H]1CCNC(=O)[C@H](C)NC(=O)[C@H](CCN)NC(=O)[C@H](CCN)NC(=O)[C@H](CC(C)C)NC(=O)[C@@H](Cc2ccccc2)NC(=O)[C@H](CCN)NC1=O. The van der Waals surface area contributed by atoms with Crippen LogP contribution in [0, 0.1) is 5.92 Å². The molecule has 1 saturated heterocycles. The van der Waals surface area contributed by atoms with Crippen LogP contribution in [0.5, 0.6) is 0 Å². The zero-order chi connectivity index (χ0) is 52.9. The summed E-state index contributed by atoms with van der Waals surface area (Å²) in [4.78, 5) is 124. The summed E-state index contributed by atoms with van der Waals surface area (Å²) < 4.78 is 0. The molecule has 400 valence electrons. The van der Waals surface area contributed by atoms with Gasteiger partial charge in [-0.15, -0.1) is 0 Å². The Morgan fingerprint density at radius 3 is 1.70 bits per heavy atom. The first kappa shape index (κ1) is 61.4. The molecule has 23 heteroatoms. The third-order valence-electron chi connectivity index (χ3n) is 11.8. The van der Waals surface area contributed by atoms with Gasteiger partial charge in [-0.2, -0.15) is 0 Å². The minimum Gasteiger partial charge on any atom is -0.393 e. The Morgan fingerprint density at radius 2 is 1.15 bits per heavy atom. The van der Waals surface area contributed by atoms with E-state index in [0.29, 0.717) is 12.0 Å². The van der Waals surface area contributed by atoms with Gasteiger partial charge in [0.25, 0.3) is 0 Å². The van der Waals surface area contributed by atoms with Crippen LogP contribution < -0.4 is 70.8 Å². The topological polar surface area (TPSA) is 386 Å². The molecule has 23 nitrogen and oxygen atoms in total. The number of aliphatic hydroxyl groups excluding tert-OH is 1. The van der Waals surface area contributed by atoms with E-state index in [1.165, 1.54) is 6.92 Å². The van der Waals surface area contributed by atoms with Crippen molar-refractivity contribution in [2.75, 3.05) is 32.7 Å². The predicted molar refractivity (Wildman–Crippen MR) is 267 cm³/mol. The predicted octanol–water partition coefficient (Wildman–Crippen LogP) is -2.80. The van der Waals surface area contributed by atoms with E-state index in [2.05, 4.69) is 54.8 Å². The molecule has 0 aromatic heterocycles. The second-order valence-electron chi connectivity index (χ2n) is 18.5. The van der Waals surface area contributed by atoms with Crippen molar-refractivity contribution >= 4 is 53.2 Å². The van der Waals surface area contributed by atoms with E-state index in [-0.39, 0.29) is 90.0 Å². The fraction of sp³-hybridized carbons (Fsp3) is 0.688. The minimum absolute atomic E-state index is 0.0433. The van der Waals surface area contributed by atoms with Crippen molar-refractivity contribution < 1.29 is 48.3 Å². The van der Waals surface area contributed by atoms with Gasteiger partial charge in [0.2, 0.25) is 53.2 Å². The van der Waals surface area contributed by atoms with Crippen LogP contribution in [-0.4, -0.2) is 145 Å². The first-order valence-corrected chi connectivity index (χ1v) is 25.1. The van der Waals surface area contributed by atoms with Crippen LogP contribution in [0.3, 0.4) is 0 Å². The van der Waals surface area contributed by atoms with Crippen molar-refractivity contribution in [2.45, 2.75) is 172 Å². The molecule has 9 atom stereocenters. The van der Waals surface area contributed by atoms with Crippen LogP contribution in [0.15, 0.2) is 30.3 Å². The van der Waals surface area contributed by atoms with E-state index in [1.54, 1.807) is 30.3 Å². The van der Waals surface area contributed by atoms with Crippen LogP contribution in [0.4, 0.5) is 0 Å². The van der Waals surface area contributed by atoms with Crippen molar-refractivity contribution in [3.8, 4) is 0 Å². The molecule has 2 rings (SSSR count). The Labute approximate surface area is 417 Å². The maximum absolute atomic E-state index is 14.3. The first-order chi connectivity index (χ1) is 33.9. The molecule has 1 aliphatic heterocycles. The zero-order valence-corrected chi connectivity index (χ0v) is 42.0. The normalized spacial score (nSPS) is 23.4. The Bertz CT molecular complexity index is 1860. The molecule has 0 aliphatic carbocycles. The van der Waals surface area contributed by atoms with E-state index < -0.39 is 108 Å². The number of amides is 9. The van der Waals surface area contributed by atoms with Gasteiger partial charge in [0.15, 0.2) is 0 Å². The summed E-state index contributed by atoms with van der Waals surface area (Å²) in [5.74, 6) is -7.04. The third kappa shape index (κ3) is 23.4. The van der Waals surface area contributed by atoms with Crippen LogP contribution >= 0.6 is 0 Å². The largest absolute Gasteiger partial charge is 0.393 e. The molecule has 18 N–H and O–H groups in total. The number of carbonyl (C=O) groups excluding carboxylic acids is 9. The highest BCUT2D eigenvalue weighted by molar-refractivity contribution is 5.98. The Hall–Kier alpha value is -5.75. The fourth-order valence-corrected chi connectivity index (χ4v) is 7.83. The highest BCUT2D eigenvalue weighted by atomic mass is 16.3. The molecule has 71 heavy (non-hydrogen) atoms. The molecular weight excluding hydrogens is 919 g/mol. The maximum Gasteiger partial charge on any atom is 0.243 e. The van der Waals surface area contributed by atoms with Gasteiger partial charge in [-0.1, -0.05) is 83.2 Å². The molecule has 1 aliphatic rings. The number of hydrogen-bond donors (Lipinski definition) is 14. The quantitative estimate of drug-likeness (QED) is 0.0493. The Kier molecular flexibility index (Phi) is 29.2. The molecule has 0 radical (unpaired) electrons. The molecule has 0 unspecified atom stereocenters. The molecule has 1 heterocycles. The number of carbonyl (C=O) groups is 9. The number of nitrogens with two attached hydrogens (primary N) is 4. The summed E-state index contributed by atoms with van der Waals surface area (Å²) in [5.41, 5.74) is 24.0. The van der Waals surface area contributed by atoms with Crippen molar-refractivity contribution in [3.05, 3.63) is 35.9 Å². The number of unbranched alkanes of at least 4 members (excludes halogenated alkanes) is 4. The molecule has 0 saturated carbocycles. The number of rotatable bonds is 23. The summed E-state index contributed by atoms with van der Waals surface area (Å²) >= 11 is 0. The molecule has 1 fully saturated rings. The lowest BCUT2D eigenvalue weighted by Gasteiger charge is -2.28. The average Bonchev–Trinajstić information content (AvgIpc) is 3.32. The van der Waals surface area contributed by atoms with Gasteiger partial charge in [-0.05, 0) is 89.5 Å². The van der Waals surface area contributed by atoms with E-state index in [9.17, 15) is 48.3 Å². The lowest BCUT2D eigenvalue weighted by Crippen LogP contribution is -2.61. The summed E-state index contributed by atoms with van der Waals surface area (Å²) in [6, 6.07) is -1.60.